The number of hydrogen-bond acceptors (Lipinski definition) is 0. The monoisotopic (exact) mass is 438 g/mol. The van der Waals surface area contributed by atoms with Gasteiger partial charge in [0.15, 0.2) is 0 Å². The van der Waals surface area contributed by atoms with Crippen LogP contribution in [-0.2, 0) is 0 Å². The van der Waals surface area contributed by atoms with Gasteiger partial charge in [-0.2, -0.15) is 0 Å². The van der Waals surface area contributed by atoms with Gasteiger partial charge in [0.2, 0.25) is 0 Å². The van der Waals surface area contributed by atoms with E-state index in [-0.39, 0.29) is 33.8 Å². The molecule has 0 saturated carbocycles. The highest BCUT2D eigenvalue weighted by atomic mass is 31.2. The first-order chi connectivity index (χ1) is 13.8. The molecule has 3 aromatic carbocycles. The molecular formula is C26H33P3. The molecule has 3 unspecified atom stereocenters. The van der Waals surface area contributed by atoms with Crippen molar-refractivity contribution in [2.45, 2.75) is 25.4 Å². The SMILES string of the molecule is CP(c1ccccc1)C(P(C)c1ccccc1)(P(C)c1ccccc1)C(C)(C)C. The summed E-state index contributed by atoms with van der Waals surface area (Å²) >= 11 is 0. The topological polar surface area (TPSA) is 0 Å². The van der Waals surface area contributed by atoms with Gasteiger partial charge in [-0.1, -0.05) is 136 Å². The summed E-state index contributed by atoms with van der Waals surface area (Å²) in [5.74, 6) is 0. The van der Waals surface area contributed by atoms with Crippen LogP contribution in [-0.4, -0.2) is 24.6 Å². The Labute approximate surface area is 181 Å². The van der Waals surface area contributed by atoms with Crippen LogP contribution in [0.5, 0.6) is 0 Å². The largest absolute Gasteiger partial charge is 0.0622 e. The summed E-state index contributed by atoms with van der Waals surface area (Å²) in [7, 11) is -1.14. The van der Waals surface area contributed by atoms with Gasteiger partial charge in [0.25, 0.3) is 0 Å². The first kappa shape index (κ1) is 22.6. The van der Waals surface area contributed by atoms with E-state index < -0.39 is 0 Å². The summed E-state index contributed by atoms with van der Waals surface area (Å²) < 4.78 is 0.219. The minimum absolute atomic E-state index is 0.176. The molecule has 0 aliphatic heterocycles. The first-order valence-corrected chi connectivity index (χ1v) is 15.5. The predicted octanol–water partition coefficient (Wildman–Crippen LogP) is 7.00. The molecule has 0 amide bonds. The Bertz CT molecular complexity index is 775. The van der Waals surface area contributed by atoms with Gasteiger partial charge in [-0.05, 0) is 41.3 Å². The fourth-order valence-electron chi connectivity index (χ4n) is 4.68. The van der Waals surface area contributed by atoms with Crippen molar-refractivity contribution in [1.82, 2.24) is 0 Å². The second-order valence-electron chi connectivity index (χ2n) is 8.57. The van der Waals surface area contributed by atoms with Crippen LogP contribution in [0.1, 0.15) is 20.8 Å². The highest BCUT2D eigenvalue weighted by molar-refractivity contribution is 7.99. The number of rotatable bonds is 6. The van der Waals surface area contributed by atoms with E-state index >= 15 is 0 Å². The van der Waals surface area contributed by atoms with Crippen LogP contribution >= 0.6 is 23.8 Å². The van der Waals surface area contributed by atoms with Crippen LogP contribution in [0, 0.1) is 5.41 Å². The van der Waals surface area contributed by atoms with Gasteiger partial charge >= 0.3 is 0 Å². The van der Waals surface area contributed by atoms with E-state index in [9.17, 15) is 0 Å². The summed E-state index contributed by atoms with van der Waals surface area (Å²) in [6, 6.07) is 33.8. The Morgan fingerprint density at radius 1 is 0.448 bits per heavy atom. The molecule has 3 atom stereocenters. The highest BCUT2D eigenvalue weighted by Crippen LogP contribution is 2.81. The van der Waals surface area contributed by atoms with Crippen molar-refractivity contribution in [3.8, 4) is 0 Å². The van der Waals surface area contributed by atoms with Crippen molar-refractivity contribution in [2.75, 3.05) is 20.0 Å². The lowest BCUT2D eigenvalue weighted by Crippen LogP contribution is -2.43. The summed E-state index contributed by atoms with van der Waals surface area (Å²) in [5.41, 5.74) is 0.176. The predicted molar refractivity (Wildman–Crippen MR) is 139 cm³/mol. The lowest BCUT2D eigenvalue weighted by Gasteiger charge is -2.57. The molecule has 0 nitrogen and oxygen atoms in total. The Balaban J connectivity index is 2.27. The van der Waals surface area contributed by atoms with Gasteiger partial charge in [-0.25, -0.2) is 0 Å². The maximum Gasteiger partial charge on any atom is 0.0464 e. The van der Waals surface area contributed by atoms with E-state index in [1.165, 1.54) is 15.9 Å². The molecule has 0 aliphatic carbocycles. The van der Waals surface area contributed by atoms with Gasteiger partial charge in [0.05, 0.1) is 0 Å². The molecule has 0 radical (unpaired) electrons. The average Bonchev–Trinajstić information content (AvgIpc) is 2.74. The molecule has 0 heterocycles. The molecule has 0 fully saturated rings. The number of benzene rings is 3. The van der Waals surface area contributed by atoms with Gasteiger partial charge < -0.3 is 0 Å². The quantitative estimate of drug-likeness (QED) is 0.364. The fourth-order valence-corrected chi connectivity index (χ4v) is 18.1. The third-order valence-electron chi connectivity index (χ3n) is 5.84. The lowest BCUT2D eigenvalue weighted by molar-refractivity contribution is 0.428. The number of hydrogen-bond donors (Lipinski definition) is 0. The Hall–Kier alpha value is -1.05. The van der Waals surface area contributed by atoms with E-state index in [2.05, 4.69) is 132 Å². The molecule has 0 saturated heterocycles. The van der Waals surface area contributed by atoms with Crippen molar-refractivity contribution >= 4 is 39.7 Å². The Morgan fingerprint density at radius 2 is 0.690 bits per heavy atom. The molecule has 152 valence electrons. The van der Waals surface area contributed by atoms with Crippen molar-refractivity contribution in [3.63, 3.8) is 0 Å². The van der Waals surface area contributed by atoms with Crippen LogP contribution in [0.2, 0.25) is 0 Å². The lowest BCUT2D eigenvalue weighted by atomic mass is 9.99. The zero-order valence-electron chi connectivity index (χ0n) is 18.5. The van der Waals surface area contributed by atoms with Gasteiger partial charge in [0, 0.05) is 4.64 Å². The van der Waals surface area contributed by atoms with Gasteiger partial charge in [-0.3, -0.25) is 0 Å². The Kier molecular flexibility index (Phi) is 7.33. The zero-order chi connectivity index (χ0) is 21.1. The minimum atomic E-state index is -0.380. The van der Waals surface area contributed by atoms with E-state index in [0.29, 0.717) is 0 Å². The third-order valence-corrected chi connectivity index (χ3v) is 19.3. The zero-order valence-corrected chi connectivity index (χ0v) is 21.2. The second kappa shape index (κ2) is 9.40. The molecule has 29 heavy (non-hydrogen) atoms. The molecule has 0 aliphatic rings. The normalized spacial score (nSPS) is 17.2. The van der Waals surface area contributed by atoms with Crippen molar-refractivity contribution < 1.29 is 0 Å². The van der Waals surface area contributed by atoms with Crippen LogP contribution in [0.3, 0.4) is 0 Å². The molecule has 0 aromatic heterocycles. The molecule has 0 N–H and O–H groups in total. The van der Waals surface area contributed by atoms with Crippen molar-refractivity contribution in [3.05, 3.63) is 91.0 Å². The van der Waals surface area contributed by atoms with Crippen LogP contribution in [0.4, 0.5) is 0 Å². The maximum absolute atomic E-state index is 2.54. The molecule has 0 spiro atoms. The fraction of sp³-hybridized carbons (Fsp3) is 0.308. The average molecular weight is 438 g/mol. The van der Waals surface area contributed by atoms with Crippen LogP contribution < -0.4 is 15.9 Å². The van der Waals surface area contributed by atoms with E-state index in [0.717, 1.165) is 0 Å². The first-order valence-electron chi connectivity index (χ1n) is 10.2. The second-order valence-corrected chi connectivity index (χ2v) is 16.5. The molecule has 3 heteroatoms. The molecule has 0 bridgehead atoms. The van der Waals surface area contributed by atoms with Crippen molar-refractivity contribution in [1.29, 1.82) is 0 Å². The maximum atomic E-state index is 2.54. The van der Waals surface area contributed by atoms with E-state index in [1.54, 1.807) is 0 Å². The summed E-state index contributed by atoms with van der Waals surface area (Å²) in [4.78, 5) is 0. The summed E-state index contributed by atoms with van der Waals surface area (Å²) in [6.07, 6.45) is 0. The van der Waals surface area contributed by atoms with Crippen molar-refractivity contribution in [2.24, 2.45) is 5.41 Å². The molecule has 3 rings (SSSR count). The third kappa shape index (κ3) is 4.37. The summed E-state index contributed by atoms with van der Waals surface area (Å²) in [6.45, 7) is 15.1. The van der Waals surface area contributed by atoms with Gasteiger partial charge in [-0.15, -0.1) is 0 Å². The molecular weight excluding hydrogens is 405 g/mol. The minimum Gasteiger partial charge on any atom is -0.0622 e. The van der Waals surface area contributed by atoms with Gasteiger partial charge in [0.1, 0.15) is 0 Å². The van der Waals surface area contributed by atoms with E-state index in [1.807, 2.05) is 0 Å². The van der Waals surface area contributed by atoms with E-state index in [4.69, 9.17) is 0 Å². The van der Waals surface area contributed by atoms with Crippen LogP contribution in [0.15, 0.2) is 91.0 Å². The highest BCUT2D eigenvalue weighted by Gasteiger charge is 2.54. The standard InChI is InChI=1S/C26H33P3/c1-25(2,3)26(27(4)22-16-10-7-11-17-22,28(5)23-18-12-8-13-19-23)29(6)24-20-14-9-15-21-24/h7-21H,1-6H3. The Morgan fingerprint density at radius 3 is 0.897 bits per heavy atom. The molecule has 3 aromatic rings. The summed E-state index contributed by atoms with van der Waals surface area (Å²) in [5, 5.41) is 4.56. The smallest absolute Gasteiger partial charge is 0.0464 e. The van der Waals surface area contributed by atoms with Crippen LogP contribution in [0.25, 0.3) is 0 Å².